The van der Waals surface area contributed by atoms with Gasteiger partial charge in [0.05, 0.1) is 10.5 Å². The summed E-state index contributed by atoms with van der Waals surface area (Å²) in [5.74, 6) is -1.86. The average Bonchev–Trinajstić information content (AvgIpc) is 3.13. The fourth-order valence-electron chi connectivity index (χ4n) is 3.64. The van der Waals surface area contributed by atoms with Crippen LogP contribution in [-0.2, 0) is 16.6 Å². The summed E-state index contributed by atoms with van der Waals surface area (Å²) in [5.41, 5.74) is 1.08. The Kier molecular flexibility index (Phi) is 6.64. The highest BCUT2D eigenvalue weighted by Crippen LogP contribution is 2.31. The maximum atomic E-state index is 14.4. The van der Waals surface area contributed by atoms with Gasteiger partial charge < -0.3 is 4.57 Å². The number of hydrogen-bond donors (Lipinski definition) is 1. The summed E-state index contributed by atoms with van der Waals surface area (Å²) >= 11 is 6.07. The van der Waals surface area contributed by atoms with E-state index in [4.69, 9.17) is 16.9 Å². The van der Waals surface area contributed by atoms with Crippen LogP contribution in [0.5, 0.6) is 0 Å². The quantitative estimate of drug-likeness (QED) is 0.218. The van der Waals surface area contributed by atoms with Crippen molar-refractivity contribution in [2.24, 2.45) is 0 Å². The minimum absolute atomic E-state index is 0.00706. The third kappa shape index (κ3) is 4.64. The minimum atomic E-state index is -4.05. The van der Waals surface area contributed by atoms with Crippen LogP contribution in [0.2, 0.25) is 5.15 Å². The van der Waals surface area contributed by atoms with Crippen LogP contribution in [0.15, 0.2) is 71.6 Å². The van der Waals surface area contributed by atoms with Crippen molar-refractivity contribution in [1.29, 1.82) is 5.26 Å². The standard InChI is InChI=1S/C24H15ClF2N4O3S/c25-23-20(13-32)31(24(30-23)22-18(26)5-3-6-19(22)27)12-15-8-10-16(11-9-15)17-4-1-2-7-21(17)35(33,34)29-14-28/h1-11,13,29H,12H2. The third-order valence-corrected chi connectivity index (χ3v) is 6.80. The number of carbonyl (C=O) groups excluding carboxylic acids is 1. The third-order valence-electron chi connectivity index (χ3n) is 5.22. The molecule has 0 unspecified atom stereocenters. The molecule has 0 saturated heterocycles. The smallest absolute Gasteiger partial charge is 0.270 e. The number of rotatable bonds is 7. The van der Waals surface area contributed by atoms with Crippen LogP contribution in [0, 0.1) is 23.1 Å². The van der Waals surface area contributed by atoms with Gasteiger partial charge in [-0.1, -0.05) is 60.1 Å². The second kappa shape index (κ2) is 9.66. The van der Waals surface area contributed by atoms with Crippen LogP contribution in [0.4, 0.5) is 8.78 Å². The molecule has 0 atom stereocenters. The van der Waals surface area contributed by atoms with Crippen LogP contribution < -0.4 is 4.72 Å². The molecule has 0 aliphatic rings. The van der Waals surface area contributed by atoms with Gasteiger partial charge in [0.2, 0.25) is 0 Å². The fourth-order valence-corrected chi connectivity index (χ4v) is 4.83. The molecule has 3 aromatic carbocycles. The topological polar surface area (TPSA) is 105 Å². The zero-order valence-electron chi connectivity index (χ0n) is 17.7. The molecule has 0 bridgehead atoms. The number of nitrogens with one attached hydrogen (secondary N) is 1. The molecule has 4 aromatic rings. The molecule has 35 heavy (non-hydrogen) atoms. The van der Waals surface area contributed by atoms with E-state index < -0.39 is 27.2 Å². The Hall–Kier alpha value is -4.07. The van der Waals surface area contributed by atoms with Crippen molar-refractivity contribution < 1.29 is 22.0 Å². The van der Waals surface area contributed by atoms with E-state index in [0.717, 1.165) is 12.1 Å². The van der Waals surface area contributed by atoms with Crippen molar-refractivity contribution in [2.45, 2.75) is 11.4 Å². The molecule has 0 fully saturated rings. The van der Waals surface area contributed by atoms with Gasteiger partial charge in [0, 0.05) is 12.1 Å². The van der Waals surface area contributed by atoms with E-state index in [-0.39, 0.29) is 28.1 Å². The zero-order valence-corrected chi connectivity index (χ0v) is 19.3. The molecule has 0 aliphatic heterocycles. The zero-order chi connectivity index (χ0) is 25.2. The molecule has 0 aliphatic carbocycles. The van der Waals surface area contributed by atoms with Gasteiger partial charge in [-0.15, -0.1) is 0 Å². The summed E-state index contributed by atoms with van der Waals surface area (Å²) in [4.78, 5) is 15.6. The molecule has 1 aromatic heterocycles. The maximum Gasteiger partial charge on any atom is 0.270 e. The lowest BCUT2D eigenvalue weighted by Gasteiger charge is -2.13. The summed E-state index contributed by atoms with van der Waals surface area (Å²) < 4.78 is 56.7. The van der Waals surface area contributed by atoms with Gasteiger partial charge >= 0.3 is 0 Å². The number of nitrogens with zero attached hydrogens (tertiary/aromatic N) is 3. The molecular weight excluding hydrogens is 498 g/mol. The van der Waals surface area contributed by atoms with Crippen molar-refractivity contribution in [1.82, 2.24) is 14.3 Å². The maximum absolute atomic E-state index is 14.4. The van der Waals surface area contributed by atoms with Gasteiger partial charge in [-0.2, -0.15) is 5.26 Å². The first-order valence-corrected chi connectivity index (χ1v) is 11.9. The lowest BCUT2D eigenvalue weighted by atomic mass is 10.0. The summed E-state index contributed by atoms with van der Waals surface area (Å²) in [5, 5.41) is 8.56. The largest absolute Gasteiger partial charge is 0.316 e. The Morgan fingerprint density at radius 1 is 1.03 bits per heavy atom. The van der Waals surface area contributed by atoms with Gasteiger partial charge in [0.1, 0.15) is 23.2 Å². The minimum Gasteiger partial charge on any atom is -0.316 e. The fraction of sp³-hybridized carbons (Fsp3) is 0.0417. The van der Waals surface area contributed by atoms with Gasteiger partial charge in [0.25, 0.3) is 10.0 Å². The van der Waals surface area contributed by atoms with Crippen molar-refractivity contribution in [3.8, 4) is 28.7 Å². The van der Waals surface area contributed by atoms with Crippen LogP contribution in [-0.4, -0.2) is 24.3 Å². The van der Waals surface area contributed by atoms with E-state index in [0.29, 0.717) is 23.0 Å². The van der Waals surface area contributed by atoms with Gasteiger partial charge in [-0.25, -0.2) is 26.9 Å². The van der Waals surface area contributed by atoms with Crippen molar-refractivity contribution in [3.63, 3.8) is 0 Å². The SMILES string of the molecule is N#CNS(=O)(=O)c1ccccc1-c1ccc(Cn2c(-c3c(F)cccc3F)nc(Cl)c2C=O)cc1. The lowest BCUT2D eigenvalue weighted by Crippen LogP contribution is -2.18. The Balaban J connectivity index is 1.74. The molecule has 1 heterocycles. The van der Waals surface area contributed by atoms with Crippen molar-refractivity contribution >= 4 is 27.9 Å². The average molecular weight is 513 g/mol. The molecule has 0 spiro atoms. The number of aromatic nitrogens is 2. The molecular formula is C24H15ClF2N4O3S. The Labute approximate surface area is 204 Å². The number of sulfonamides is 1. The number of benzene rings is 3. The van der Waals surface area contributed by atoms with Crippen LogP contribution in [0.3, 0.4) is 0 Å². The first-order valence-electron chi connectivity index (χ1n) is 10.0. The first-order chi connectivity index (χ1) is 16.8. The van der Waals surface area contributed by atoms with E-state index in [9.17, 15) is 22.0 Å². The molecule has 11 heteroatoms. The lowest BCUT2D eigenvalue weighted by molar-refractivity contribution is 0.111. The Morgan fingerprint density at radius 3 is 2.31 bits per heavy atom. The van der Waals surface area contributed by atoms with E-state index in [1.54, 1.807) is 41.1 Å². The number of imidazole rings is 1. The van der Waals surface area contributed by atoms with Gasteiger partial charge in [-0.3, -0.25) is 4.79 Å². The number of halogens is 3. The molecule has 4 rings (SSSR count). The Bertz CT molecular complexity index is 1560. The van der Waals surface area contributed by atoms with E-state index in [1.807, 2.05) is 0 Å². The van der Waals surface area contributed by atoms with Crippen LogP contribution >= 0.6 is 11.6 Å². The molecule has 0 saturated carbocycles. The Morgan fingerprint density at radius 2 is 1.69 bits per heavy atom. The predicted octanol–water partition coefficient (Wildman–Crippen LogP) is 4.77. The second-order valence-corrected chi connectivity index (χ2v) is 9.33. The van der Waals surface area contributed by atoms with E-state index >= 15 is 0 Å². The highest BCUT2D eigenvalue weighted by atomic mass is 35.5. The number of carbonyl (C=O) groups is 1. The highest BCUT2D eigenvalue weighted by molar-refractivity contribution is 7.89. The molecule has 176 valence electrons. The normalized spacial score (nSPS) is 11.1. The highest BCUT2D eigenvalue weighted by Gasteiger charge is 2.23. The summed E-state index contributed by atoms with van der Waals surface area (Å²) in [7, 11) is -4.05. The summed E-state index contributed by atoms with van der Waals surface area (Å²) in [6, 6.07) is 16.2. The van der Waals surface area contributed by atoms with Crippen LogP contribution in [0.1, 0.15) is 16.1 Å². The number of hydrogen-bond acceptors (Lipinski definition) is 5. The molecule has 0 radical (unpaired) electrons. The molecule has 1 N–H and O–H groups in total. The van der Waals surface area contributed by atoms with Gasteiger partial charge in [-0.05, 0) is 29.3 Å². The van der Waals surface area contributed by atoms with Gasteiger partial charge in [0.15, 0.2) is 17.6 Å². The van der Waals surface area contributed by atoms with E-state index in [1.165, 1.54) is 29.0 Å². The van der Waals surface area contributed by atoms with E-state index in [2.05, 4.69) is 4.98 Å². The monoisotopic (exact) mass is 512 g/mol. The predicted molar refractivity (Wildman–Crippen MR) is 125 cm³/mol. The molecule has 7 nitrogen and oxygen atoms in total. The summed E-state index contributed by atoms with van der Waals surface area (Å²) in [6.45, 7) is 0.00706. The molecule has 0 amide bonds. The number of aldehydes is 1. The second-order valence-electron chi connectivity index (χ2n) is 7.32. The number of nitriles is 1. The first kappa shape index (κ1) is 24.1. The summed E-state index contributed by atoms with van der Waals surface area (Å²) in [6.07, 6.45) is 1.88. The van der Waals surface area contributed by atoms with Crippen molar-refractivity contribution in [2.75, 3.05) is 0 Å². The van der Waals surface area contributed by atoms with Crippen molar-refractivity contribution in [3.05, 3.63) is 94.8 Å². The van der Waals surface area contributed by atoms with Crippen LogP contribution in [0.25, 0.3) is 22.5 Å².